The lowest BCUT2D eigenvalue weighted by Crippen LogP contribution is -2.47. The van der Waals surface area contributed by atoms with Crippen molar-refractivity contribution in [3.8, 4) is 0 Å². The van der Waals surface area contributed by atoms with Crippen molar-refractivity contribution in [1.29, 1.82) is 0 Å². The molecule has 1 aromatic heterocycles. The number of piperidine rings is 1. The molecule has 0 bridgehead atoms. The number of rotatable bonds is 6. The van der Waals surface area contributed by atoms with E-state index in [9.17, 15) is 9.59 Å². The van der Waals surface area contributed by atoms with Crippen LogP contribution in [0.2, 0.25) is 0 Å². The van der Waals surface area contributed by atoms with Crippen LogP contribution in [-0.4, -0.2) is 64.9 Å². The van der Waals surface area contributed by atoms with Crippen LogP contribution in [0.25, 0.3) is 0 Å². The summed E-state index contributed by atoms with van der Waals surface area (Å²) < 4.78 is 1.84. The molecule has 8 heteroatoms. The molecular formula is C20H28N6O2. The van der Waals surface area contributed by atoms with E-state index in [1.807, 2.05) is 41.9 Å². The minimum atomic E-state index is -0.659. The van der Waals surface area contributed by atoms with Gasteiger partial charge < -0.3 is 15.5 Å². The Hall–Kier alpha value is -2.74. The van der Waals surface area contributed by atoms with Crippen molar-refractivity contribution >= 4 is 11.8 Å². The Balaban J connectivity index is 1.76. The molecule has 0 aliphatic carbocycles. The minimum Gasteiger partial charge on any atom is -0.347 e. The number of benzene rings is 1. The third-order valence-corrected chi connectivity index (χ3v) is 5.12. The van der Waals surface area contributed by atoms with Crippen molar-refractivity contribution < 1.29 is 9.59 Å². The van der Waals surface area contributed by atoms with Crippen LogP contribution in [0.15, 0.2) is 30.3 Å². The summed E-state index contributed by atoms with van der Waals surface area (Å²) in [6, 6.07) is 9.24. The molecule has 1 fully saturated rings. The van der Waals surface area contributed by atoms with Crippen LogP contribution in [0.3, 0.4) is 0 Å². The SMILES string of the molecule is Cc1c(C(=O)NC(Cc2ccccc2)C(=O)N(C)C)nnn1C1CCNCC1. The molecule has 2 heterocycles. The van der Waals surface area contributed by atoms with Crippen molar-refractivity contribution in [3.63, 3.8) is 0 Å². The standard InChI is InChI=1S/C20H28N6O2/c1-14-18(23-24-26(14)16-9-11-21-12-10-16)19(27)22-17(20(28)25(2)3)13-15-7-5-4-6-8-15/h4-8,16-17,21H,9-13H2,1-3H3,(H,22,27). The highest BCUT2D eigenvalue weighted by Crippen LogP contribution is 2.20. The van der Waals surface area contributed by atoms with Gasteiger partial charge in [-0.1, -0.05) is 35.5 Å². The van der Waals surface area contributed by atoms with Crippen LogP contribution in [-0.2, 0) is 11.2 Å². The largest absolute Gasteiger partial charge is 0.347 e. The highest BCUT2D eigenvalue weighted by Gasteiger charge is 2.27. The van der Waals surface area contributed by atoms with Gasteiger partial charge in [-0.15, -0.1) is 5.10 Å². The number of likely N-dealkylation sites (N-methyl/N-ethyl adjacent to an activating group) is 1. The summed E-state index contributed by atoms with van der Waals surface area (Å²) in [7, 11) is 3.37. The molecular weight excluding hydrogens is 356 g/mol. The first-order chi connectivity index (χ1) is 13.5. The lowest BCUT2D eigenvalue weighted by molar-refractivity contribution is -0.130. The van der Waals surface area contributed by atoms with Gasteiger partial charge in [0, 0.05) is 20.5 Å². The maximum absolute atomic E-state index is 12.9. The van der Waals surface area contributed by atoms with Gasteiger partial charge in [0.25, 0.3) is 5.91 Å². The first-order valence-corrected chi connectivity index (χ1v) is 9.66. The summed E-state index contributed by atoms with van der Waals surface area (Å²) in [5.41, 5.74) is 2.00. The molecule has 0 radical (unpaired) electrons. The minimum absolute atomic E-state index is 0.152. The van der Waals surface area contributed by atoms with Crippen LogP contribution in [0.4, 0.5) is 0 Å². The molecule has 0 spiro atoms. The van der Waals surface area contributed by atoms with E-state index < -0.39 is 6.04 Å². The highest BCUT2D eigenvalue weighted by molar-refractivity contribution is 5.96. The van der Waals surface area contributed by atoms with Crippen LogP contribution in [0.5, 0.6) is 0 Å². The molecule has 2 amide bonds. The quantitative estimate of drug-likeness (QED) is 0.773. The molecule has 1 atom stereocenters. The van der Waals surface area contributed by atoms with E-state index >= 15 is 0 Å². The fourth-order valence-electron chi connectivity index (χ4n) is 3.54. The number of hydrogen-bond donors (Lipinski definition) is 2. The molecule has 0 saturated carbocycles. The van der Waals surface area contributed by atoms with E-state index in [4.69, 9.17) is 0 Å². The molecule has 3 rings (SSSR count). The van der Waals surface area contributed by atoms with Crippen LogP contribution in [0, 0.1) is 6.92 Å². The molecule has 8 nitrogen and oxygen atoms in total. The predicted octanol–water partition coefficient (Wildman–Crippen LogP) is 0.940. The van der Waals surface area contributed by atoms with Gasteiger partial charge in [0.05, 0.1) is 11.7 Å². The van der Waals surface area contributed by atoms with Gasteiger partial charge in [-0.25, -0.2) is 4.68 Å². The zero-order valence-corrected chi connectivity index (χ0v) is 16.7. The van der Waals surface area contributed by atoms with E-state index in [1.165, 1.54) is 4.90 Å². The molecule has 1 aliphatic heterocycles. The summed E-state index contributed by atoms with van der Waals surface area (Å²) in [4.78, 5) is 27.0. The number of aromatic nitrogens is 3. The topological polar surface area (TPSA) is 92.2 Å². The molecule has 1 unspecified atom stereocenters. The second-order valence-corrected chi connectivity index (χ2v) is 7.40. The van der Waals surface area contributed by atoms with E-state index in [2.05, 4.69) is 20.9 Å². The van der Waals surface area contributed by atoms with Gasteiger partial charge >= 0.3 is 0 Å². The smallest absolute Gasteiger partial charge is 0.274 e. The van der Waals surface area contributed by atoms with Gasteiger partial charge in [-0.2, -0.15) is 0 Å². The van der Waals surface area contributed by atoms with E-state index in [-0.39, 0.29) is 23.6 Å². The molecule has 150 valence electrons. The Bertz CT molecular complexity index is 811. The zero-order chi connectivity index (χ0) is 20.1. The molecule has 1 saturated heterocycles. The van der Waals surface area contributed by atoms with Crippen LogP contribution < -0.4 is 10.6 Å². The fraction of sp³-hybridized carbons (Fsp3) is 0.500. The summed E-state index contributed by atoms with van der Waals surface area (Å²) in [5, 5.41) is 14.5. The monoisotopic (exact) mass is 384 g/mol. The second kappa shape index (κ2) is 8.97. The van der Waals surface area contributed by atoms with Gasteiger partial charge in [-0.05, 0) is 38.4 Å². The predicted molar refractivity (Wildman–Crippen MR) is 106 cm³/mol. The fourth-order valence-corrected chi connectivity index (χ4v) is 3.54. The molecule has 2 aromatic rings. The van der Waals surface area contributed by atoms with Crippen molar-refractivity contribution in [3.05, 3.63) is 47.3 Å². The Morgan fingerprint density at radius 2 is 1.93 bits per heavy atom. The Kier molecular flexibility index (Phi) is 6.41. The molecule has 1 aromatic carbocycles. The van der Waals surface area contributed by atoms with Crippen LogP contribution in [0.1, 0.15) is 40.6 Å². The summed E-state index contributed by atoms with van der Waals surface area (Å²) in [6.45, 7) is 3.72. The van der Waals surface area contributed by atoms with E-state index in [0.29, 0.717) is 6.42 Å². The van der Waals surface area contributed by atoms with Crippen molar-refractivity contribution in [2.24, 2.45) is 0 Å². The maximum atomic E-state index is 12.9. The number of amides is 2. The highest BCUT2D eigenvalue weighted by atomic mass is 16.2. The average molecular weight is 384 g/mol. The Labute approximate surface area is 165 Å². The summed E-state index contributed by atoms with van der Waals surface area (Å²) in [6.07, 6.45) is 2.34. The van der Waals surface area contributed by atoms with Gasteiger partial charge in [-0.3, -0.25) is 9.59 Å². The first-order valence-electron chi connectivity index (χ1n) is 9.66. The third kappa shape index (κ3) is 4.56. The van der Waals surface area contributed by atoms with Gasteiger partial charge in [0.15, 0.2) is 5.69 Å². The Morgan fingerprint density at radius 1 is 1.25 bits per heavy atom. The summed E-state index contributed by atoms with van der Waals surface area (Å²) >= 11 is 0. The third-order valence-electron chi connectivity index (χ3n) is 5.12. The maximum Gasteiger partial charge on any atom is 0.274 e. The normalized spacial score (nSPS) is 15.8. The Morgan fingerprint density at radius 3 is 2.57 bits per heavy atom. The van der Waals surface area contributed by atoms with Crippen molar-refractivity contribution in [2.45, 2.75) is 38.3 Å². The second-order valence-electron chi connectivity index (χ2n) is 7.40. The van der Waals surface area contributed by atoms with Gasteiger partial charge in [0.2, 0.25) is 5.91 Å². The number of nitrogens with zero attached hydrogens (tertiary/aromatic N) is 4. The zero-order valence-electron chi connectivity index (χ0n) is 16.7. The lowest BCUT2D eigenvalue weighted by Gasteiger charge is -2.23. The summed E-state index contributed by atoms with van der Waals surface area (Å²) in [5.74, 6) is -0.519. The number of nitrogens with one attached hydrogen (secondary N) is 2. The van der Waals surface area contributed by atoms with Crippen molar-refractivity contribution in [1.82, 2.24) is 30.5 Å². The molecule has 28 heavy (non-hydrogen) atoms. The average Bonchev–Trinajstić information content (AvgIpc) is 3.09. The lowest BCUT2D eigenvalue weighted by atomic mass is 10.0. The van der Waals surface area contributed by atoms with Crippen LogP contribution >= 0.6 is 0 Å². The molecule has 1 aliphatic rings. The van der Waals surface area contributed by atoms with E-state index in [0.717, 1.165) is 37.2 Å². The number of carbonyl (C=O) groups is 2. The first kappa shape index (κ1) is 20.0. The van der Waals surface area contributed by atoms with Gasteiger partial charge in [0.1, 0.15) is 6.04 Å². The number of hydrogen-bond acceptors (Lipinski definition) is 5. The number of carbonyl (C=O) groups excluding carboxylic acids is 2. The van der Waals surface area contributed by atoms with E-state index in [1.54, 1.807) is 14.1 Å². The van der Waals surface area contributed by atoms with Crippen molar-refractivity contribution in [2.75, 3.05) is 27.2 Å². The molecule has 2 N–H and O–H groups in total.